The zero-order valence-electron chi connectivity index (χ0n) is 18.0. The minimum atomic E-state index is -0.931. The standard InChI is InChI=1S/C22H22F4N5O2P/c23-12-4-11(18(34)8-13(24)6-12)5-15(27)9-19(32)31-3-1-2-17(31)22-29-21(30-33-22)20-16(26)7-14(25)10-28-20/h4,7-8,10,15,17H,1-3,5-6,9,27,34H2/t15?,17-/m0/s1. The monoisotopic (exact) mass is 495 g/mol. The molecular formula is C22H22F4N5O2P. The molecule has 2 aromatic heterocycles. The molecule has 1 fully saturated rings. The number of hydrogen-bond acceptors (Lipinski definition) is 6. The number of likely N-dealkylation sites (tertiary alicyclic amines) is 1. The molecule has 2 aliphatic rings. The molecule has 34 heavy (non-hydrogen) atoms. The summed E-state index contributed by atoms with van der Waals surface area (Å²) < 4.78 is 59.8. The summed E-state index contributed by atoms with van der Waals surface area (Å²) in [5.74, 6) is -3.26. The summed E-state index contributed by atoms with van der Waals surface area (Å²) >= 11 is 0. The summed E-state index contributed by atoms with van der Waals surface area (Å²) in [6.07, 6.45) is 4.31. The third-order valence-corrected chi connectivity index (χ3v) is 6.13. The molecule has 7 nitrogen and oxygen atoms in total. The van der Waals surface area contributed by atoms with Gasteiger partial charge in [-0.3, -0.25) is 4.79 Å². The molecule has 1 amide bonds. The first-order valence-corrected chi connectivity index (χ1v) is 11.2. The second-order valence-corrected chi connectivity index (χ2v) is 8.82. The highest BCUT2D eigenvalue weighted by Gasteiger charge is 2.35. The van der Waals surface area contributed by atoms with Crippen molar-refractivity contribution in [1.29, 1.82) is 0 Å². The van der Waals surface area contributed by atoms with Crippen LogP contribution >= 0.6 is 9.24 Å². The maximum atomic E-state index is 14.0. The van der Waals surface area contributed by atoms with Gasteiger partial charge in [0, 0.05) is 25.1 Å². The average molecular weight is 495 g/mol. The van der Waals surface area contributed by atoms with Gasteiger partial charge >= 0.3 is 0 Å². The summed E-state index contributed by atoms with van der Waals surface area (Å²) in [5, 5.41) is 4.20. The molecule has 2 unspecified atom stereocenters. The topological polar surface area (TPSA) is 98.1 Å². The maximum Gasteiger partial charge on any atom is 0.249 e. The largest absolute Gasteiger partial charge is 0.337 e. The Morgan fingerprint density at radius 1 is 1.26 bits per heavy atom. The fraction of sp³-hybridized carbons (Fsp3) is 0.364. The summed E-state index contributed by atoms with van der Waals surface area (Å²) in [6, 6.07) is -0.484. The predicted octanol–water partition coefficient (Wildman–Crippen LogP) is 4.42. The lowest BCUT2D eigenvalue weighted by atomic mass is 10.0. The lowest BCUT2D eigenvalue weighted by Gasteiger charge is -2.24. The second kappa shape index (κ2) is 10.1. The van der Waals surface area contributed by atoms with E-state index < -0.39 is 41.8 Å². The quantitative estimate of drug-likeness (QED) is 0.471. The van der Waals surface area contributed by atoms with Gasteiger partial charge in [0.05, 0.1) is 12.6 Å². The van der Waals surface area contributed by atoms with Gasteiger partial charge in [0.2, 0.25) is 17.6 Å². The summed E-state index contributed by atoms with van der Waals surface area (Å²) in [7, 11) is 2.36. The van der Waals surface area contributed by atoms with Crippen LogP contribution in [0.25, 0.3) is 11.5 Å². The molecule has 0 bridgehead atoms. The number of carbonyl (C=O) groups is 1. The molecule has 0 spiro atoms. The molecule has 180 valence electrons. The van der Waals surface area contributed by atoms with E-state index in [1.807, 2.05) is 0 Å². The smallest absolute Gasteiger partial charge is 0.249 e. The average Bonchev–Trinajstić information content (AvgIpc) is 3.40. The molecule has 3 atom stereocenters. The molecule has 1 saturated heterocycles. The van der Waals surface area contributed by atoms with Crippen molar-refractivity contribution in [3.05, 3.63) is 64.5 Å². The summed E-state index contributed by atoms with van der Waals surface area (Å²) in [6.45, 7) is 0.442. The van der Waals surface area contributed by atoms with Gasteiger partial charge in [-0.1, -0.05) is 5.16 Å². The van der Waals surface area contributed by atoms with Gasteiger partial charge in [-0.15, -0.1) is 9.24 Å². The van der Waals surface area contributed by atoms with Crippen molar-refractivity contribution < 1.29 is 26.9 Å². The van der Waals surface area contributed by atoms with Gasteiger partial charge in [-0.05, 0) is 42.3 Å². The number of nitrogens with two attached hydrogens (primary N) is 1. The Morgan fingerprint density at radius 2 is 2.03 bits per heavy atom. The van der Waals surface area contributed by atoms with Crippen molar-refractivity contribution in [3.63, 3.8) is 0 Å². The Morgan fingerprint density at radius 3 is 2.79 bits per heavy atom. The third kappa shape index (κ3) is 5.42. The van der Waals surface area contributed by atoms with Crippen LogP contribution in [-0.2, 0) is 4.79 Å². The van der Waals surface area contributed by atoms with Crippen LogP contribution in [0, 0.1) is 11.6 Å². The van der Waals surface area contributed by atoms with Gasteiger partial charge in [0.15, 0.2) is 5.82 Å². The van der Waals surface area contributed by atoms with E-state index in [2.05, 4.69) is 24.4 Å². The van der Waals surface area contributed by atoms with Gasteiger partial charge in [0.25, 0.3) is 0 Å². The Kier molecular flexibility index (Phi) is 7.23. The van der Waals surface area contributed by atoms with Crippen molar-refractivity contribution >= 4 is 15.1 Å². The van der Waals surface area contributed by atoms with Crippen LogP contribution in [0.15, 0.2) is 51.5 Å². The molecule has 0 radical (unpaired) electrons. The number of halogens is 4. The number of hydrogen-bond donors (Lipinski definition) is 1. The fourth-order valence-electron chi connectivity index (χ4n) is 4.04. The number of amides is 1. The molecule has 3 heterocycles. The van der Waals surface area contributed by atoms with Crippen molar-refractivity contribution in [1.82, 2.24) is 20.0 Å². The van der Waals surface area contributed by atoms with Gasteiger partial charge in [-0.25, -0.2) is 22.5 Å². The van der Waals surface area contributed by atoms with Crippen molar-refractivity contribution in [2.75, 3.05) is 6.54 Å². The molecule has 2 aromatic rings. The Balaban J connectivity index is 1.44. The number of carbonyl (C=O) groups excluding carboxylic acids is 1. The number of allylic oxidation sites excluding steroid dienone is 5. The Hall–Kier alpha value is -2.91. The molecule has 0 saturated carbocycles. The zero-order chi connectivity index (χ0) is 24.4. The van der Waals surface area contributed by atoms with Gasteiger partial charge in [-0.2, -0.15) is 4.98 Å². The number of nitrogens with zero attached hydrogens (tertiary/aromatic N) is 4. The highest BCUT2D eigenvalue weighted by atomic mass is 31.0. The molecule has 1 aliphatic heterocycles. The van der Waals surface area contributed by atoms with Crippen LogP contribution in [0.5, 0.6) is 0 Å². The number of aromatic nitrogens is 3. The van der Waals surface area contributed by atoms with Crippen molar-refractivity contribution in [2.45, 2.75) is 44.2 Å². The molecule has 2 N–H and O–H groups in total. The predicted molar refractivity (Wildman–Crippen MR) is 118 cm³/mol. The van der Waals surface area contributed by atoms with Crippen LogP contribution in [0.1, 0.15) is 44.0 Å². The molecule has 12 heteroatoms. The van der Waals surface area contributed by atoms with Crippen LogP contribution in [0.2, 0.25) is 0 Å². The van der Waals surface area contributed by atoms with Crippen LogP contribution in [0.3, 0.4) is 0 Å². The van der Waals surface area contributed by atoms with E-state index in [1.54, 1.807) is 4.90 Å². The normalized spacial score (nSPS) is 19.7. The highest BCUT2D eigenvalue weighted by molar-refractivity contribution is 7.23. The summed E-state index contributed by atoms with van der Waals surface area (Å²) in [4.78, 5) is 22.4. The SMILES string of the molecule is NC(CC(=O)N1CCC[C@H]1c1nc(-c2ncc(F)cc2F)no1)CC1=C(P)C=C(F)CC(F)=C1. The van der Waals surface area contributed by atoms with E-state index in [-0.39, 0.29) is 36.2 Å². The first kappa shape index (κ1) is 24.2. The van der Waals surface area contributed by atoms with Crippen LogP contribution in [0.4, 0.5) is 17.6 Å². The van der Waals surface area contributed by atoms with Gasteiger partial charge < -0.3 is 15.2 Å². The Labute approximate surface area is 195 Å². The molecule has 4 rings (SSSR count). The first-order chi connectivity index (χ1) is 16.2. The van der Waals surface area contributed by atoms with Crippen LogP contribution < -0.4 is 5.73 Å². The fourth-order valence-corrected chi connectivity index (χ4v) is 4.42. The van der Waals surface area contributed by atoms with E-state index in [0.717, 1.165) is 6.20 Å². The zero-order valence-corrected chi connectivity index (χ0v) is 19.1. The van der Waals surface area contributed by atoms with Crippen LogP contribution in [-0.4, -0.2) is 38.5 Å². The molecular weight excluding hydrogens is 473 g/mol. The number of rotatable bonds is 6. The lowest BCUT2D eigenvalue weighted by Crippen LogP contribution is -2.35. The van der Waals surface area contributed by atoms with E-state index in [0.29, 0.717) is 36.3 Å². The first-order valence-electron chi connectivity index (χ1n) is 10.6. The Bertz CT molecular complexity index is 1200. The van der Waals surface area contributed by atoms with E-state index >= 15 is 0 Å². The van der Waals surface area contributed by atoms with E-state index in [1.165, 1.54) is 12.2 Å². The van der Waals surface area contributed by atoms with Crippen molar-refractivity contribution in [2.24, 2.45) is 5.73 Å². The third-order valence-electron chi connectivity index (χ3n) is 5.59. The van der Waals surface area contributed by atoms with Gasteiger partial charge in [0.1, 0.15) is 29.2 Å². The minimum absolute atomic E-state index is 0.0330. The number of pyridine rings is 1. The second-order valence-electron chi connectivity index (χ2n) is 8.19. The molecule has 0 aromatic carbocycles. The maximum absolute atomic E-state index is 14.0. The van der Waals surface area contributed by atoms with E-state index in [4.69, 9.17) is 10.3 Å². The summed E-state index contributed by atoms with van der Waals surface area (Å²) in [5.41, 5.74) is 6.41. The highest BCUT2D eigenvalue weighted by Crippen LogP contribution is 2.34. The van der Waals surface area contributed by atoms with Crippen molar-refractivity contribution in [3.8, 4) is 11.5 Å². The van der Waals surface area contributed by atoms with E-state index in [9.17, 15) is 22.4 Å². The molecule has 1 aliphatic carbocycles. The lowest BCUT2D eigenvalue weighted by molar-refractivity contribution is -0.132. The minimum Gasteiger partial charge on any atom is -0.337 e.